The Morgan fingerprint density at radius 3 is 2.70 bits per heavy atom. The van der Waals surface area contributed by atoms with Crippen molar-refractivity contribution >= 4 is 17.5 Å². The van der Waals surface area contributed by atoms with Crippen LogP contribution in [0.1, 0.15) is 41.0 Å². The number of H-pyrrole nitrogens is 1. The number of rotatable bonds is 5. The molecule has 1 aromatic carbocycles. The number of aromatic nitrogens is 2. The Balaban J connectivity index is 1.76. The van der Waals surface area contributed by atoms with Crippen molar-refractivity contribution in [1.29, 1.82) is 0 Å². The summed E-state index contributed by atoms with van der Waals surface area (Å²) in [4.78, 5) is 32.2. The van der Waals surface area contributed by atoms with Gasteiger partial charge in [0.05, 0.1) is 12.2 Å². The summed E-state index contributed by atoms with van der Waals surface area (Å²) < 4.78 is 13.9. The Kier molecular flexibility index (Phi) is 5.22. The molecule has 7 heteroatoms. The van der Waals surface area contributed by atoms with Crippen LogP contribution in [0.4, 0.5) is 10.2 Å². The number of carbonyl (C=O) groups excluding carboxylic acids is 2. The standard InChI is InChI=1S/C23H23FN4O2/c1-23(2,24)22(30)28-19-11-15(8-9-26-19)21-16(10-14-6-4-3-5-7-14)20-17(27-21)12-25-13-18(20)29/h3-9,11,25,27H,10,12-13H2,1-2H3,(H,26,28,30). The minimum absolute atomic E-state index is 0.0476. The van der Waals surface area contributed by atoms with Crippen molar-refractivity contribution in [3.05, 3.63) is 71.0 Å². The number of ketones is 1. The van der Waals surface area contributed by atoms with Crippen molar-refractivity contribution in [3.63, 3.8) is 0 Å². The topological polar surface area (TPSA) is 86.9 Å². The fourth-order valence-corrected chi connectivity index (χ4v) is 3.60. The number of hydrogen-bond acceptors (Lipinski definition) is 4. The van der Waals surface area contributed by atoms with E-state index in [-0.39, 0.29) is 11.6 Å². The molecule has 0 spiro atoms. The fraction of sp³-hybridized carbons (Fsp3) is 0.261. The lowest BCUT2D eigenvalue weighted by atomic mass is 9.94. The first-order valence-corrected chi connectivity index (χ1v) is 9.81. The molecule has 154 valence electrons. The van der Waals surface area contributed by atoms with Crippen LogP contribution < -0.4 is 10.6 Å². The van der Waals surface area contributed by atoms with Crippen LogP contribution >= 0.6 is 0 Å². The molecule has 4 rings (SSSR count). The van der Waals surface area contributed by atoms with Crippen LogP contribution in [-0.4, -0.2) is 33.9 Å². The number of benzene rings is 1. The van der Waals surface area contributed by atoms with Crippen molar-refractivity contribution in [3.8, 4) is 11.3 Å². The van der Waals surface area contributed by atoms with Crippen LogP contribution in [0.25, 0.3) is 11.3 Å². The number of Topliss-reactive ketones (excluding diaryl/α,β-unsaturated/α-hetero) is 1. The molecule has 3 N–H and O–H groups in total. The molecule has 0 aliphatic carbocycles. The lowest BCUT2D eigenvalue weighted by Gasteiger charge is -2.14. The highest BCUT2D eigenvalue weighted by Gasteiger charge is 2.28. The third-order valence-electron chi connectivity index (χ3n) is 5.10. The summed E-state index contributed by atoms with van der Waals surface area (Å²) in [5, 5.41) is 5.62. The summed E-state index contributed by atoms with van der Waals surface area (Å²) >= 11 is 0. The monoisotopic (exact) mass is 406 g/mol. The van der Waals surface area contributed by atoms with Crippen LogP contribution in [-0.2, 0) is 17.8 Å². The van der Waals surface area contributed by atoms with Gasteiger partial charge in [0.25, 0.3) is 5.91 Å². The fourth-order valence-electron chi connectivity index (χ4n) is 3.60. The summed E-state index contributed by atoms with van der Waals surface area (Å²) in [7, 11) is 0. The van der Waals surface area contributed by atoms with E-state index in [9.17, 15) is 14.0 Å². The number of nitrogens with zero attached hydrogens (tertiary/aromatic N) is 1. The van der Waals surface area contributed by atoms with Gasteiger partial charge in [-0.2, -0.15) is 0 Å². The Labute approximate surface area is 173 Å². The molecule has 3 heterocycles. The molecule has 0 radical (unpaired) electrons. The van der Waals surface area contributed by atoms with E-state index in [1.807, 2.05) is 30.3 Å². The van der Waals surface area contributed by atoms with Gasteiger partial charge in [0.2, 0.25) is 0 Å². The Bertz CT molecular complexity index is 1100. The molecule has 0 saturated carbocycles. The van der Waals surface area contributed by atoms with E-state index in [1.165, 1.54) is 13.8 Å². The average Bonchev–Trinajstić information content (AvgIpc) is 3.08. The van der Waals surface area contributed by atoms with Gasteiger partial charge in [0.1, 0.15) is 5.82 Å². The second-order valence-corrected chi connectivity index (χ2v) is 7.88. The molecule has 0 fully saturated rings. The molecule has 0 atom stereocenters. The molecular formula is C23H23FN4O2. The number of nitrogens with one attached hydrogen (secondary N) is 3. The molecule has 2 aromatic heterocycles. The number of carbonyl (C=O) groups is 2. The molecule has 0 bridgehead atoms. The van der Waals surface area contributed by atoms with Crippen molar-refractivity contribution < 1.29 is 14.0 Å². The number of amides is 1. The maximum Gasteiger partial charge on any atom is 0.262 e. The molecule has 1 aliphatic rings. The molecule has 6 nitrogen and oxygen atoms in total. The van der Waals surface area contributed by atoms with Crippen LogP contribution in [0.3, 0.4) is 0 Å². The summed E-state index contributed by atoms with van der Waals surface area (Å²) in [5.74, 6) is -0.459. The number of hydrogen-bond donors (Lipinski definition) is 3. The highest BCUT2D eigenvalue weighted by atomic mass is 19.1. The predicted molar refractivity (Wildman–Crippen MR) is 113 cm³/mol. The third kappa shape index (κ3) is 4.02. The van der Waals surface area contributed by atoms with Crippen molar-refractivity contribution in [1.82, 2.24) is 15.3 Å². The molecule has 30 heavy (non-hydrogen) atoms. The van der Waals surface area contributed by atoms with E-state index in [4.69, 9.17) is 0 Å². The van der Waals surface area contributed by atoms with Crippen LogP contribution in [0, 0.1) is 0 Å². The SMILES string of the molecule is CC(C)(F)C(=O)Nc1cc(-c2[nH]c3c(c2Cc2ccccc2)C(=O)CNC3)ccn1. The van der Waals surface area contributed by atoms with Crippen LogP contribution in [0.5, 0.6) is 0 Å². The predicted octanol–water partition coefficient (Wildman–Crippen LogP) is 3.64. The van der Waals surface area contributed by atoms with Gasteiger partial charge in [0, 0.05) is 36.0 Å². The van der Waals surface area contributed by atoms with Crippen molar-refractivity contribution in [2.75, 3.05) is 11.9 Å². The Hall–Kier alpha value is -3.32. The summed E-state index contributed by atoms with van der Waals surface area (Å²) in [6, 6.07) is 13.4. The quantitative estimate of drug-likeness (QED) is 0.604. The van der Waals surface area contributed by atoms with Gasteiger partial charge >= 0.3 is 0 Å². The third-order valence-corrected chi connectivity index (χ3v) is 5.10. The zero-order valence-corrected chi connectivity index (χ0v) is 16.9. The number of fused-ring (bicyclic) bond motifs is 1. The van der Waals surface area contributed by atoms with E-state index in [1.54, 1.807) is 18.3 Å². The van der Waals surface area contributed by atoms with E-state index < -0.39 is 11.6 Å². The number of aromatic amines is 1. The molecular weight excluding hydrogens is 383 g/mol. The molecule has 0 unspecified atom stereocenters. The first-order valence-electron chi connectivity index (χ1n) is 9.81. The first-order chi connectivity index (χ1) is 14.3. The average molecular weight is 406 g/mol. The van der Waals surface area contributed by atoms with Gasteiger partial charge in [-0.3, -0.25) is 9.59 Å². The van der Waals surface area contributed by atoms with Crippen LogP contribution in [0.15, 0.2) is 48.7 Å². The zero-order valence-electron chi connectivity index (χ0n) is 16.9. The smallest absolute Gasteiger partial charge is 0.262 e. The number of pyridine rings is 1. The maximum atomic E-state index is 13.9. The number of halogens is 1. The Morgan fingerprint density at radius 2 is 1.97 bits per heavy atom. The lowest BCUT2D eigenvalue weighted by Crippen LogP contribution is -2.32. The van der Waals surface area contributed by atoms with Gasteiger partial charge in [-0.25, -0.2) is 9.37 Å². The molecule has 1 amide bonds. The van der Waals surface area contributed by atoms with Crippen molar-refractivity contribution in [2.45, 2.75) is 32.5 Å². The van der Waals surface area contributed by atoms with Gasteiger partial charge in [0.15, 0.2) is 11.5 Å². The van der Waals surface area contributed by atoms with E-state index in [0.29, 0.717) is 19.5 Å². The van der Waals surface area contributed by atoms with Crippen molar-refractivity contribution in [2.24, 2.45) is 0 Å². The number of anilines is 1. The van der Waals surface area contributed by atoms with Gasteiger partial charge in [-0.05, 0) is 37.1 Å². The minimum atomic E-state index is -2.01. The second kappa shape index (κ2) is 7.84. The van der Waals surface area contributed by atoms with Crippen LogP contribution in [0.2, 0.25) is 0 Å². The Morgan fingerprint density at radius 1 is 1.20 bits per heavy atom. The highest BCUT2D eigenvalue weighted by Crippen LogP contribution is 2.33. The van der Waals surface area contributed by atoms with E-state index in [0.717, 1.165) is 33.6 Å². The molecule has 1 aliphatic heterocycles. The summed E-state index contributed by atoms with van der Waals surface area (Å²) in [6.45, 7) is 3.27. The highest BCUT2D eigenvalue weighted by molar-refractivity contribution is 6.03. The normalized spacial score (nSPS) is 13.8. The van der Waals surface area contributed by atoms with Gasteiger partial charge < -0.3 is 15.6 Å². The zero-order chi connectivity index (χ0) is 21.3. The largest absolute Gasteiger partial charge is 0.356 e. The molecule has 3 aromatic rings. The lowest BCUT2D eigenvalue weighted by molar-refractivity contribution is -0.125. The van der Waals surface area contributed by atoms with E-state index in [2.05, 4.69) is 20.6 Å². The van der Waals surface area contributed by atoms with Gasteiger partial charge in [-0.1, -0.05) is 30.3 Å². The maximum absolute atomic E-state index is 13.9. The number of alkyl halides is 1. The minimum Gasteiger partial charge on any atom is -0.356 e. The van der Waals surface area contributed by atoms with E-state index >= 15 is 0 Å². The summed E-state index contributed by atoms with van der Waals surface area (Å²) in [6.07, 6.45) is 2.15. The summed E-state index contributed by atoms with van der Waals surface area (Å²) in [5.41, 5.74) is 3.13. The second-order valence-electron chi connectivity index (χ2n) is 7.88. The van der Waals surface area contributed by atoms with Gasteiger partial charge in [-0.15, -0.1) is 0 Å². The molecule has 0 saturated heterocycles. The first kappa shape index (κ1) is 20.0.